The third-order valence-electron chi connectivity index (χ3n) is 3.75. The fourth-order valence-electron chi connectivity index (χ4n) is 2.61. The molecule has 2 aromatic rings. The van der Waals surface area contributed by atoms with Crippen LogP contribution in [-0.4, -0.2) is 37.0 Å². The van der Waals surface area contributed by atoms with Crippen LogP contribution in [0, 0.1) is 0 Å². The first-order chi connectivity index (χ1) is 10.6. The van der Waals surface area contributed by atoms with Crippen molar-refractivity contribution in [3.05, 3.63) is 50.6 Å². The van der Waals surface area contributed by atoms with Crippen molar-refractivity contribution in [2.24, 2.45) is 0 Å². The smallest absolute Gasteiger partial charge is 0.227 e. The van der Waals surface area contributed by atoms with Gasteiger partial charge in [-0.15, -0.1) is 11.3 Å². The maximum absolute atomic E-state index is 12.3. The normalized spacial score (nSPS) is 15.2. The summed E-state index contributed by atoms with van der Waals surface area (Å²) < 4.78 is 0. The molecule has 0 spiro atoms. The number of piperazine rings is 1. The molecule has 0 bridgehead atoms. The summed E-state index contributed by atoms with van der Waals surface area (Å²) in [7, 11) is 0. The van der Waals surface area contributed by atoms with Gasteiger partial charge in [-0.1, -0.05) is 29.3 Å². The number of benzene rings is 1. The molecule has 1 amide bonds. The van der Waals surface area contributed by atoms with E-state index in [2.05, 4.69) is 4.90 Å². The van der Waals surface area contributed by atoms with Crippen LogP contribution < -0.4 is 4.90 Å². The number of halogens is 2. The number of hydrogen-bond donors (Lipinski definition) is 0. The van der Waals surface area contributed by atoms with Crippen LogP contribution in [0.5, 0.6) is 0 Å². The van der Waals surface area contributed by atoms with Crippen LogP contribution >= 0.6 is 34.5 Å². The second kappa shape index (κ2) is 6.90. The summed E-state index contributed by atoms with van der Waals surface area (Å²) in [6.07, 6.45) is 0.501. The molecular weight excluding hydrogens is 339 g/mol. The topological polar surface area (TPSA) is 23.6 Å². The van der Waals surface area contributed by atoms with Crippen LogP contribution in [0.1, 0.15) is 4.88 Å². The predicted molar refractivity (Wildman–Crippen MR) is 93.3 cm³/mol. The van der Waals surface area contributed by atoms with Gasteiger partial charge >= 0.3 is 0 Å². The molecule has 1 aromatic carbocycles. The van der Waals surface area contributed by atoms with Crippen LogP contribution in [0.25, 0.3) is 0 Å². The Morgan fingerprint density at radius 3 is 2.36 bits per heavy atom. The number of rotatable bonds is 3. The van der Waals surface area contributed by atoms with Gasteiger partial charge in [0.05, 0.1) is 6.42 Å². The molecule has 6 heteroatoms. The monoisotopic (exact) mass is 354 g/mol. The minimum absolute atomic E-state index is 0.200. The molecule has 3 nitrogen and oxygen atoms in total. The Balaban J connectivity index is 1.59. The van der Waals surface area contributed by atoms with Gasteiger partial charge in [0.1, 0.15) is 0 Å². The van der Waals surface area contributed by atoms with Gasteiger partial charge in [-0.3, -0.25) is 4.79 Å². The largest absolute Gasteiger partial charge is 0.368 e. The van der Waals surface area contributed by atoms with E-state index in [-0.39, 0.29) is 5.91 Å². The average molecular weight is 355 g/mol. The fourth-order valence-corrected chi connectivity index (χ4v) is 3.82. The highest BCUT2D eigenvalue weighted by Crippen LogP contribution is 2.26. The van der Waals surface area contributed by atoms with Crippen molar-refractivity contribution in [2.45, 2.75) is 6.42 Å². The molecule has 116 valence electrons. The van der Waals surface area contributed by atoms with E-state index in [0.717, 1.165) is 36.7 Å². The number of anilines is 1. The minimum atomic E-state index is 0.200. The maximum Gasteiger partial charge on any atom is 0.227 e. The zero-order chi connectivity index (χ0) is 15.5. The van der Waals surface area contributed by atoms with Gasteiger partial charge < -0.3 is 9.80 Å². The van der Waals surface area contributed by atoms with Gasteiger partial charge in [0.2, 0.25) is 5.91 Å². The van der Waals surface area contributed by atoms with Crippen molar-refractivity contribution >= 4 is 46.1 Å². The molecule has 0 atom stereocenters. The number of carbonyl (C=O) groups is 1. The molecule has 1 saturated heterocycles. The van der Waals surface area contributed by atoms with Crippen molar-refractivity contribution in [1.82, 2.24) is 4.90 Å². The van der Waals surface area contributed by atoms with Gasteiger partial charge in [0.25, 0.3) is 0 Å². The minimum Gasteiger partial charge on any atom is -0.368 e. The Morgan fingerprint density at radius 1 is 1.09 bits per heavy atom. The van der Waals surface area contributed by atoms with Crippen LogP contribution in [0.4, 0.5) is 5.69 Å². The van der Waals surface area contributed by atoms with Gasteiger partial charge in [-0.2, -0.15) is 0 Å². The van der Waals surface area contributed by atoms with Crippen LogP contribution in [0.15, 0.2) is 35.7 Å². The summed E-state index contributed by atoms with van der Waals surface area (Å²) in [5, 5.41) is 3.28. The standard InChI is InChI=1S/C16H16Cl2N2OS/c17-12-8-13(18)10-14(9-12)19-3-5-20(6-4-19)16(21)11-15-2-1-7-22-15/h1-2,7-10H,3-6,11H2. The zero-order valence-corrected chi connectivity index (χ0v) is 14.3. The van der Waals surface area contributed by atoms with Crippen LogP contribution in [0.3, 0.4) is 0 Å². The Labute approximate surface area is 144 Å². The maximum atomic E-state index is 12.3. The van der Waals surface area contributed by atoms with Crippen molar-refractivity contribution in [2.75, 3.05) is 31.1 Å². The number of carbonyl (C=O) groups excluding carboxylic acids is 1. The Kier molecular flexibility index (Phi) is 4.91. The molecule has 0 aliphatic carbocycles. The van der Waals surface area contributed by atoms with E-state index in [1.54, 1.807) is 17.4 Å². The van der Waals surface area contributed by atoms with Gasteiger partial charge in [-0.05, 0) is 29.6 Å². The lowest BCUT2D eigenvalue weighted by Gasteiger charge is -2.36. The Morgan fingerprint density at radius 2 is 1.77 bits per heavy atom. The number of amides is 1. The second-order valence-electron chi connectivity index (χ2n) is 5.25. The van der Waals surface area contributed by atoms with Crippen molar-refractivity contribution in [3.63, 3.8) is 0 Å². The molecule has 1 aliphatic heterocycles. The second-order valence-corrected chi connectivity index (χ2v) is 7.16. The SMILES string of the molecule is O=C(Cc1cccs1)N1CCN(c2cc(Cl)cc(Cl)c2)CC1. The predicted octanol–water partition coefficient (Wildman–Crippen LogP) is 3.95. The first-order valence-corrected chi connectivity index (χ1v) is 8.76. The average Bonchev–Trinajstić information content (AvgIpc) is 2.99. The first kappa shape index (κ1) is 15.7. The van der Waals surface area contributed by atoms with E-state index >= 15 is 0 Å². The third-order valence-corrected chi connectivity index (χ3v) is 5.06. The lowest BCUT2D eigenvalue weighted by atomic mass is 10.2. The molecule has 0 radical (unpaired) electrons. The highest BCUT2D eigenvalue weighted by atomic mass is 35.5. The summed E-state index contributed by atoms with van der Waals surface area (Å²) in [5.74, 6) is 0.200. The molecule has 22 heavy (non-hydrogen) atoms. The van der Waals surface area contributed by atoms with Crippen LogP contribution in [0.2, 0.25) is 10.0 Å². The Bertz CT molecular complexity index is 632. The molecule has 1 aliphatic rings. The molecule has 1 aromatic heterocycles. The van der Waals surface area contributed by atoms with E-state index in [1.165, 1.54) is 0 Å². The lowest BCUT2D eigenvalue weighted by Crippen LogP contribution is -2.49. The highest BCUT2D eigenvalue weighted by molar-refractivity contribution is 7.10. The molecule has 0 N–H and O–H groups in total. The zero-order valence-electron chi connectivity index (χ0n) is 12.0. The summed E-state index contributed by atoms with van der Waals surface area (Å²) >= 11 is 13.7. The number of thiophene rings is 1. The molecule has 0 unspecified atom stereocenters. The lowest BCUT2D eigenvalue weighted by molar-refractivity contribution is -0.130. The number of hydrogen-bond acceptors (Lipinski definition) is 3. The van der Waals surface area contributed by atoms with Crippen molar-refractivity contribution in [3.8, 4) is 0 Å². The van der Waals surface area contributed by atoms with E-state index < -0.39 is 0 Å². The van der Waals surface area contributed by atoms with Crippen molar-refractivity contribution in [1.29, 1.82) is 0 Å². The Hall–Kier alpha value is -1.23. The molecule has 2 heterocycles. The summed E-state index contributed by atoms with van der Waals surface area (Å²) in [6.45, 7) is 3.06. The summed E-state index contributed by atoms with van der Waals surface area (Å²) in [4.78, 5) is 17.6. The molecule has 1 fully saturated rings. The molecular formula is C16H16Cl2N2OS. The van der Waals surface area contributed by atoms with E-state index in [9.17, 15) is 4.79 Å². The quantitative estimate of drug-likeness (QED) is 0.833. The third kappa shape index (κ3) is 3.75. The summed E-state index contributed by atoms with van der Waals surface area (Å²) in [5.41, 5.74) is 1.02. The van der Waals surface area contributed by atoms with E-state index in [1.807, 2.05) is 34.5 Å². The number of nitrogens with zero attached hydrogens (tertiary/aromatic N) is 2. The fraction of sp³-hybridized carbons (Fsp3) is 0.312. The molecule has 3 rings (SSSR count). The van der Waals surface area contributed by atoms with Gasteiger partial charge in [0.15, 0.2) is 0 Å². The van der Waals surface area contributed by atoms with Crippen LogP contribution in [-0.2, 0) is 11.2 Å². The van der Waals surface area contributed by atoms with E-state index in [4.69, 9.17) is 23.2 Å². The van der Waals surface area contributed by atoms with Gasteiger partial charge in [-0.25, -0.2) is 0 Å². The summed E-state index contributed by atoms with van der Waals surface area (Å²) in [6, 6.07) is 9.54. The van der Waals surface area contributed by atoms with E-state index in [0.29, 0.717) is 16.5 Å². The first-order valence-electron chi connectivity index (χ1n) is 7.13. The highest BCUT2D eigenvalue weighted by Gasteiger charge is 2.21. The van der Waals surface area contributed by atoms with Gasteiger partial charge in [0, 0.05) is 46.8 Å². The molecule has 0 saturated carbocycles. The van der Waals surface area contributed by atoms with Crippen molar-refractivity contribution < 1.29 is 4.79 Å².